The third-order valence-corrected chi connectivity index (χ3v) is 7.50. The molecule has 3 heterocycles. The lowest BCUT2D eigenvalue weighted by molar-refractivity contribution is 0.100. The van der Waals surface area contributed by atoms with Gasteiger partial charge in [-0.05, 0) is 54.3 Å². The van der Waals surface area contributed by atoms with Crippen molar-refractivity contribution in [3.8, 4) is 0 Å². The minimum Gasteiger partial charge on any atom is -0.461 e. The van der Waals surface area contributed by atoms with Crippen LogP contribution < -0.4 is 0 Å². The fraction of sp³-hybridized carbons (Fsp3) is 0.217. The normalized spacial score (nSPS) is 23.4. The van der Waals surface area contributed by atoms with E-state index >= 15 is 0 Å². The molecule has 0 N–H and O–H groups in total. The maximum atomic E-state index is 13.4. The molecule has 0 saturated heterocycles. The summed E-state index contributed by atoms with van der Waals surface area (Å²) in [4.78, 5) is 17.3. The lowest BCUT2D eigenvalue weighted by Gasteiger charge is -2.31. The summed E-state index contributed by atoms with van der Waals surface area (Å²) in [5, 5.41) is 0. The highest BCUT2D eigenvalue weighted by atomic mass is 32.2. The molecular formula is C23H20N2O4S. The molecule has 0 spiro atoms. The summed E-state index contributed by atoms with van der Waals surface area (Å²) in [5.41, 5.74) is 0.992. The molecule has 1 aliphatic carbocycles. The van der Waals surface area contributed by atoms with Gasteiger partial charge in [0.05, 0.1) is 11.4 Å². The third-order valence-electron chi connectivity index (χ3n) is 5.68. The lowest BCUT2D eigenvalue weighted by atomic mass is 10.1. The highest BCUT2D eigenvalue weighted by molar-refractivity contribution is 7.89. The van der Waals surface area contributed by atoms with Crippen LogP contribution in [0.25, 0.3) is 6.08 Å². The zero-order chi connectivity index (χ0) is 20.9. The second kappa shape index (κ2) is 6.95. The van der Waals surface area contributed by atoms with Crippen molar-refractivity contribution < 1.29 is 17.6 Å². The van der Waals surface area contributed by atoms with Crippen molar-refractivity contribution in [1.82, 2.24) is 9.29 Å². The van der Waals surface area contributed by atoms with Gasteiger partial charge in [0, 0.05) is 30.0 Å². The van der Waals surface area contributed by atoms with Gasteiger partial charge in [-0.2, -0.15) is 0 Å². The second-order valence-electron chi connectivity index (χ2n) is 7.78. The number of carbonyl (C=O) groups is 1. The predicted octanol–water partition coefficient (Wildman–Crippen LogP) is 4.23. The second-order valence-corrected chi connectivity index (χ2v) is 9.61. The Hall–Kier alpha value is -3.19. The number of fused-ring (bicyclic) bond motifs is 1. The molecule has 0 bridgehead atoms. The molecule has 1 aliphatic heterocycles. The fourth-order valence-corrected chi connectivity index (χ4v) is 5.48. The molecule has 7 heteroatoms. The van der Waals surface area contributed by atoms with Crippen LogP contribution in [-0.2, 0) is 16.6 Å². The SMILES string of the molecule is C[C@H]1C[C@H]1c1ccc(/C=C2\C(=O)c3ccccc3S(=O)(=O)N2Cc2ccncc2)o1. The minimum atomic E-state index is -3.91. The van der Waals surface area contributed by atoms with Crippen molar-refractivity contribution >= 4 is 21.9 Å². The lowest BCUT2D eigenvalue weighted by Crippen LogP contribution is -2.38. The van der Waals surface area contributed by atoms with E-state index in [-0.39, 0.29) is 28.5 Å². The van der Waals surface area contributed by atoms with E-state index in [9.17, 15) is 13.2 Å². The Balaban J connectivity index is 1.62. The number of Topliss-reactive ketones (excluding diaryl/α,β-unsaturated/α-hetero) is 1. The Morgan fingerprint density at radius 1 is 1.13 bits per heavy atom. The number of furan rings is 1. The molecule has 5 rings (SSSR count). The first-order valence-corrected chi connectivity index (χ1v) is 11.3. The van der Waals surface area contributed by atoms with Crippen LogP contribution in [0, 0.1) is 5.92 Å². The molecular weight excluding hydrogens is 400 g/mol. The van der Waals surface area contributed by atoms with Gasteiger partial charge in [-0.1, -0.05) is 19.1 Å². The van der Waals surface area contributed by atoms with Gasteiger partial charge in [0.15, 0.2) is 0 Å². The van der Waals surface area contributed by atoms with Crippen LogP contribution in [0.5, 0.6) is 0 Å². The topological polar surface area (TPSA) is 80.5 Å². The zero-order valence-corrected chi connectivity index (χ0v) is 17.2. The van der Waals surface area contributed by atoms with Crippen LogP contribution in [-0.4, -0.2) is 23.5 Å². The van der Waals surface area contributed by atoms with Gasteiger partial charge in [0.25, 0.3) is 10.0 Å². The van der Waals surface area contributed by atoms with Crippen LogP contribution in [0.3, 0.4) is 0 Å². The number of rotatable bonds is 4. The van der Waals surface area contributed by atoms with Crippen LogP contribution >= 0.6 is 0 Å². The molecule has 1 aromatic carbocycles. The molecule has 1 saturated carbocycles. The molecule has 30 heavy (non-hydrogen) atoms. The van der Waals surface area contributed by atoms with E-state index < -0.39 is 10.0 Å². The summed E-state index contributed by atoms with van der Waals surface area (Å²) in [5.74, 6) is 2.00. The Labute approximate surface area is 174 Å². The first-order valence-electron chi connectivity index (χ1n) is 9.82. The van der Waals surface area contributed by atoms with E-state index in [1.165, 1.54) is 12.1 Å². The van der Waals surface area contributed by atoms with E-state index in [0.717, 1.165) is 22.0 Å². The first-order chi connectivity index (χ1) is 14.4. The van der Waals surface area contributed by atoms with Gasteiger partial charge in [-0.3, -0.25) is 14.1 Å². The van der Waals surface area contributed by atoms with Crippen molar-refractivity contribution in [1.29, 1.82) is 0 Å². The summed E-state index contributed by atoms with van der Waals surface area (Å²) < 4.78 is 33.9. The molecule has 2 aliphatic rings. The van der Waals surface area contributed by atoms with Crippen LogP contribution in [0.2, 0.25) is 0 Å². The predicted molar refractivity (Wildman–Crippen MR) is 111 cm³/mol. The Morgan fingerprint density at radius 3 is 2.60 bits per heavy atom. The van der Waals surface area contributed by atoms with Gasteiger partial charge in [0.2, 0.25) is 5.78 Å². The number of hydrogen-bond donors (Lipinski definition) is 0. The summed E-state index contributed by atoms with van der Waals surface area (Å²) >= 11 is 0. The molecule has 3 aromatic rings. The molecule has 1 fully saturated rings. The number of benzene rings is 1. The summed E-state index contributed by atoms with van der Waals surface area (Å²) in [6.45, 7) is 2.19. The van der Waals surface area contributed by atoms with Crippen molar-refractivity contribution in [2.24, 2.45) is 5.92 Å². The zero-order valence-electron chi connectivity index (χ0n) is 16.4. The molecule has 2 atom stereocenters. The highest BCUT2D eigenvalue weighted by Crippen LogP contribution is 2.47. The van der Waals surface area contributed by atoms with Gasteiger partial charge < -0.3 is 4.42 Å². The van der Waals surface area contributed by atoms with E-state index in [4.69, 9.17) is 4.42 Å². The Kier molecular flexibility index (Phi) is 4.36. The highest BCUT2D eigenvalue weighted by Gasteiger charge is 2.40. The molecule has 0 amide bonds. The van der Waals surface area contributed by atoms with Crippen LogP contribution in [0.4, 0.5) is 0 Å². The number of ketones is 1. The van der Waals surface area contributed by atoms with Crippen LogP contribution in [0.1, 0.15) is 46.7 Å². The third kappa shape index (κ3) is 3.15. The largest absolute Gasteiger partial charge is 0.461 e. The van der Waals surface area contributed by atoms with Crippen molar-refractivity contribution in [2.75, 3.05) is 0 Å². The number of carbonyl (C=O) groups excluding carboxylic acids is 1. The van der Waals surface area contributed by atoms with Crippen LogP contribution in [0.15, 0.2) is 75.9 Å². The molecule has 152 valence electrons. The quantitative estimate of drug-likeness (QED) is 0.590. The number of nitrogens with zero attached hydrogens (tertiary/aromatic N) is 2. The number of allylic oxidation sites excluding steroid dienone is 1. The van der Waals surface area contributed by atoms with Gasteiger partial charge in [-0.25, -0.2) is 8.42 Å². The Morgan fingerprint density at radius 2 is 1.87 bits per heavy atom. The maximum Gasteiger partial charge on any atom is 0.265 e. The van der Waals surface area contributed by atoms with E-state index in [1.807, 2.05) is 6.07 Å². The average molecular weight is 420 g/mol. The van der Waals surface area contributed by atoms with Crippen molar-refractivity contribution in [3.63, 3.8) is 0 Å². The number of hydrogen-bond acceptors (Lipinski definition) is 5. The summed E-state index contributed by atoms with van der Waals surface area (Å²) in [7, 11) is -3.91. The number of sulfonamides is 1. The minimum absolute atomic E-state index is 0.0214. The average Bonchev–Trinajstić information content (AvgIpc) is 3.30. The fourth-order valence-electron chi connectivity index (χ4n) is 3.84. The van der Waals surface area contributed by atoms with Gasteiger partial charge >= 0.3 is 0 Å². The number of aromatic nitrogens is 1. The number of pyridine rings is 1. The molecule has 2 aromatic heterocycles. The van der Waals surface area contributed by atoms with Gasteiger partial charge in [-0.15, -0.1) is 0 Å². The Bertz CT molecular complexity index is 1260. The standard InChI is InChI=1S/C23H20N2O4S/c1-15-12-19(15)21-7-6-17(29-21)13-20-23(26)18-4-2-3-5-22(18)30(27,28)25(20)14-16-8-10-24-11-9-16/h2-11,13,15,19H,12,14H2,1H3/b20-13+/t15-,19+/m0/s1. The van der Waals surface area contributed by atoms with E-state index in [1.54, 1.807) is 48.8 Å². The monoisotopic (exact) mass is 420 g/mol. The van der Waals surface area contributed by atoms with E-state index in [0.29, 0.717) is 17.6 Å². The molecule has 0 unspecified atom stereocenters. The smallest absolute Gasteiger partial charge is 0.265 e. The van der Waals surface area contributed by atoms with Crippen molar-refractivity contribution in [3.05, 3.63) is 89.3 Å². The van der Waals surface area contributed by atoms with Gasteiger partial charge in [0.1, 0.15) is 17.2 Å². The van der Waals surface area contributed by atoms with Crippen molar-refractivity contribution in [2.45, 2.75) is 30.7 Å². The maximum absolute atomic E-state index is 13.4. The summed E-state index contributed by atoms with van der Waals surface area (Å²) in [6, 6.07) is 13.5. The summed E-state index contributed by atoms with van der Waals surface area (Å²) in [6.07, 6.45) is 5.81. The first kappa shape index (κ1) is 18.8. The molecule has 0 radical (unpaired) electrons. The molecule has 6 nitrogen and oxygen atoms in total. The van der Waals surface area contributed by atoms with E-state index in [2.05, 4.69) is 11.9 Å².